The maximum Gasteiger partial charge on any atom is 0.130 e. The van der Waals surface area contributed by atoms with Crippen LogP contribution >= 0.6 is 0 Å². The van der Waals surface area contributed by atoms with Gasteiger partial charge in [0.15, 0.2) is 0 Å². The standard InChI is InChI=1S/C25H32N6O/c1-18-5-7-20(8-6-18)23(30(3)4)17-27-24-16-22(28-19(2)29-24)21-9-10-26-25(15-21)31-11-13-32-14-12-31/h5-10,15-16,23H,11-14,17H2,1-4H3,(H,27,28,29). The summed E-state index contributed by atoms with van der Waals surface area (Å²) in [6.45, 7) is 7.99. The SMILES string of the molecule is Cc1ccc(C(CNc2cc(-c3ccnc(N4CCOCC4)c3)nc(C)n2)N(C)C)cc1. The number of likely N-dealkylation sites (N-methyl/N-ethyl adjacent to an activating group) is 1. The Kier molecular flexibility index (Phi) is 6.97. The van der Waals surface area contributed by atoms with Crippen LogP contribution in [0, 0.1) is 13.8 Å². The molecule has 3 aromatic rings. The van der Waals surface area contributed by atoms with E-state index < -0.39 is 0 Å². The van der Waals surface area contributed by atoms with E-state index in [-0.39, 0.29) is 6.04 Å². The van der Waals surface area contributed by atoms with Crippen LogP contribution in [0.15, 0.2) is 48.7 Å². The molecule has 1 unspecified atom stereocenters. The van der Waals surface area contributed by atoms with E-state index in [4.69, 9.17) is 4.74 Å². The molecule has 4 rings (SSSR count). The number of benzene rings is 1. The minimum Gasteiger partial charge on any atom is -0.378 e. The molecule has 7 heteroatoms. The van der Waals surface area contributed by atoms with E-state index in [0.717, 1.165) is 61.6 Å². The highest BCUT2D eigenvalue weighted by molar-refractivity contribution is 5.65. The van der Waals surface area contributed by atoms with E-state index in [0.29, 0.717) is 0 Å². The second-order valence-corrected chi connectivity index (χ2v) is 8.46. The molecule has 0 spiro atoms. The van der Waals surface area contributed by atoms with Crippen molar-refractivity contribution >= 4 is 11.6 Å². The van der Waals surface area contributed by atoms with Crippen LogP contribution in [0.3, 0.4) is 0 Å². The number of nitrogens with zero attached hydrogens (tertiary/aromatic N) is 5. The van der Waals surface area contributed by atoms with Crippen LogP contribution in [0.2, 0.25) is 0 Å². The zero-order chi connectivity index (χ0) is 22.5. The summed E-state index contributed by atoms with van der Waals surface area (Å²) in [5, 5.41) is 3.53. The zero-order valence-corrected chi connectivity index (χ0v) is 19.4. The molecular formula is C25H32N6O. The van der Waals surface area contributed by atoms with Crippen molar-refractivity contribution < 1.29 is 4.74 Å². The smallest absolute Gasteiger partial charge is 0.130 e. The van der Waals surface area contributed by atoms with Gasteiger partial charge in [-0.1, -0.05) is 29.8 Å². The molecule has 0 bridgehead atoms. The van der Waals surface area contributed by atoms with Crippen molar-refractivity contribution in [3.8, 4) is 11.3 Å². The van der Waals surface area contributed by atoms with Crippen LogP contribution < -0.4 is 10.2 Å². The van der Waals surface area contributed by atoms with E-state index in [2.05, 4.69) is 81.4 Å². The number of nitrogens with one attached hydrogen (secondary N) is 1. The number of anilines is 2. The van der Waals surface area contributed by atoms with Gasteiger partial charge in [0.1, 0.15) is 17.5 Å². The Morgan fingerprint density at radius 3 is 2.50 bits per heavy atom. The molecule has 3 heterocycles. The van der Waals surface area contributed by atoms with Crippen molar-refractivity contribution in [3.05, 3.63) is 65.6 Å². The summed E-state index contributed by atoms with van der Waals surface area (Å²) in [5.74, 6) is 2.53. The fourth-order valence-electron chi connectivity index (χ4n) is 3.94. The van der Waals surface area contributed by atoms with Gasteiger partial charge in [-0.15, -0.1) is 0 Å². The molecule has 1 aromatic carbocycles. The average Bonchev–Trinajstić information content (AvgIpc) is 2.80. The Labute approximate surface area is 190 Å². The number of aromatic nitrogens is 3. The molecule has 1 aliphatic rings. The number of hydrogen-bond donors (Lipinski definition) is 1. The maximum atomic E-state index is 5.47. The van der Waals surface area contributed by atoms with E-state index in [9.17, 15) is 0 Å². The largest absolute Gasteiger partial charge is 0.378 e. The molecule has 2 aromatic heterocycles. The Morgan fingerprint density at radius 1 is 1.03 bits per heavy atom. The molecular weight excluding hydrogens is 400 g/mol. The van der Waals surface area contributed by atoms with E-state index in [1.807, 2.05) is 25.3 Å². The lowest BCUT2D eigenvalue weighted by molar-refractivity contribution is 0.122. The number of aryl methyl sites for hydroxylation is 2. The average molecular weight is 433 g/mol. The first-order valence-corrected chi connectivity index (χ1v) is 11.1. The van der Waals surface area contributed by atoms with Crippen molar-refractivity contribution in [1.29, 1.82) is 0 Å². The summed E-state index contributed by atoms with van der Waals surface area (Å²) in [6.07, 6.45) is 1.85. The van der Waals surface area contributed by atoms with Gasteiger partial charge in [0.2, 0.25) is 0 Å². The summed E-state index contributed by atoms with van der Waals surface area (Å²) in [7, 11) is 4.21. The Hall–Kier alpha value is -3.03. The maximum absolute atomic E-state index is 5.47. The summed E-state index contributed by atoms with van der Waals surface area (Å²) in [5.41, 5.74) is 4.49. The Morgan fingerprint density at radius 2 is 1.78 bits per heavy atom. The Bertz CT molecular complexity index is 1030. The lowest BCUT2D eigenvalue weighted by Crippen LogP contribution is -2.36. The number of ether oxygens (including phenoxy) is 1. The minimum atomic E-state index is 0.239. The monoisotopic (exact) mass is 432 g/mol. The third-order valence-corrected chi connectivity index (χ3v) is 5.78. The molecule has 1 aliphatic heterocycles. The second-order valence-electron chi connectivity index (χ2n) is 8.46. The number of morpholine rings is 1. The first-order valence-electron chi connectivity index (χ1n) is 11.1. The topological polar surface area (TPSA) is 66.4 Å². The van der Waals surface area contributed by atoms with Gasteiger partial charge in [0.25, 0.3) is 0 Å². The van der Waals surface area contributed by atoms with E-state index in [1.54, 1.807) is 0 Å². The van der Waals surface area contributed by atoms with E-state index >= 15 is 0 Å². The number of rotatable bonds is 7. The van der Waals surface area contributed by atoms with Crippen LogP contribution in [0.5, 0.6) is 0 Å². The molecule has 0 radical (unpaired) electrons. The Balaban J connectivity index is 1.53. The highest BCUT2D eigenvalue weighted by Gasteiger charge is 2.16. The minimum absolute atomic E-state index is 0.239. The van der Waals surface area contributed by atoms with Gasteiger partial charge < -0.3 is 19.9 Å². The quantitative estimate of drug-likeness (QED) is 0.610. The highest BCUT2D eigenvalue weighted by atomic mass is 16.5. The molecule has 1 N–H and O–H groups in total. The van der Waals surface area contributed by atoms with Crippen LogP contribution in [-0.4, -0.2) is 66.8 Å². The fraction of sp³-hybridized carbons (Fsp3) is 0.400. The van der Waals surface area contributed by atoms with Gasteiger partial charge in [-0.3, -0.25) is 0 Å². The van der Waals surface area contributed by atoms with Crippen LogP contribution in [0.4, 0.5) is 11.6 Å². The van der Waals surface area contributed by atoms with Crippen molar-refractivity contribution in [3.63, 3.8) is 0 Å². The predicted molar refractivity (Wildman–Crippen MR) is 129 cm³/mol. The van der Waals surface area contributed by atoms with Crippen LogP contribution in [0.25, 0.3) is 11.3 Å². The summed E-state index contributed by atoms with van der Waals surface area (Å²) >= 11 is 0. The lowest BCUT2D eigenvalue weighted by atomic mass is 10.0. The lowest BCUT2D eigenvalue weighted by Gasteiger charge is -2.28. The van der Waals surface area contributed by atoms with Crippen LogP contribution in [-0.2, 0) is 4.74 Å². The normalized spacial score (nSPS) is 15.1. The van der Waals surface area contributed by atoms with Gasteiger partial charge in [0, 0.05) is 37.5 Å². The summed E-state index contributed by atoms with van der Waals surface area (Å²) in [6, 6.07) is 15.1. The van der Waals surface area contributed by atoms with Crippen molar-refractivity contribution in [2.75, 3.05) is 57.2 Å². The third-order valence-electron chi connectivity index (χ3n) is 5.78. The first-order chi connectivity index (χ1) is 15.5. The van der Waals surface area contributed by atoms with Crippen molar-refractivity contribution in [1.82, 2.24) is 19.9 Å². The molecule has 1 atom stereocenters. The first kappa shape index (κ1) is 22.2. The zero-order valence-electron chi connectivity index (χ0n) is 19.4. The van der Waals surface area contributed by atoms with Crippen molar-refractivity contribution in [2.24, 2.45) is 0 Å². The number of pyridine rings is 1. The van der Waals surface area contributed by atoms with Crippen LogP contribution in [0.1, 0.15) is 23.0 Å². The van der Waals surface area contributed by atoms with E-state index in [1.165, 1.54) is 11.1 Å². The van der Waals surface area contributed by atoms with Gasteiger partial charge in [-0.05, 0) is 45.6 Å². The van der Waals surface area contributed by atoms with Gasteiger partial charge in [0.05, 0.1) is 24.9 Å². The second kappa shape index (κ2) is 10.1. The molecule has 0 saturated carbocycles. The molecule has 7 nitrogen and oxygen atoms in total. The molecule has 168 valence electrons. The summed E-state index contributed by atoms with van der Waals surface area (Å²) < 4.78 is 5.47. The van der Waals surface area contributed by atoms with Crippen molar-refractivity contribution in [2.45, 2.75) is 19.9 Å². The van der Waals surface area contributed by atoms with Gasteiger partial charge >= 0.3 is 0 Å². The third kappa shape index (κ3) is 5.41. The molecule has 1 fully saturated rings. The molecule has 0 amide bonds. The summed E-state index contributed by atoms with van der Waals surface area (Å²) in [4.78, 5) is 18.4. The molecule has 32 heavy (non-hydrogen) atoms. The fourth-order valence-corrected chi connectivity index (χ4v) is 3.94. The predicted octanol–water partition coefficient (Wildman–Crippen LogP) is 3.71. The highest BCUT2D eigenvalue weighted by Crippen LogP contribution is 2.25. The molecule has 1 saturated heterocycles. The van der Waals surface area contributed by atoms with Gasteiger partial charge in [-0.25, -0.2) is 15.0 Å². The van der Waals surface area contributed by atoms with Gasteiger partial charge in [-0.2, -0.15) is 0 Å². The number of hydrogen-bond acceptors (Lipinski definition) is 7. The molecule has 0 aliphatic carbocycles.